The summed E-state index contributed by atoms with van der Waals surface area (Å²) in [5.74, 6) is 0.299. The number of hydrogen-bond donors (Lipinski definition) is 0. The highest BCUT2D eigenvalue weighted by Crippen LogP contribution is 2.56. The van der Waals surface area contributed by atoms with Crippen LogP contribution in [0.5, 0.6) is 11.5 Å². The van der Waals surface area contributed by atoms with E-state index in [2.05, 4.69) is 0 Å². The number of aryl methyl sites for hydroxylation is 1. The van der Waals surface area contributed by atoms with Crippen molar-refractivity contribution < 1.29 is 35.8 Å². The molecule has 0 aromatic heterocycles. The smallest absolute Gasteiger partial charge is 0.411 e. The molecule has 0 aliphatic rings. The average Bonchev–Trinajstić information content (AvgIpc) is 2.88. The highest BCUT2D eigenvalue weighted by atomic mass is 19.4. The molecular weight excluding hydrogens is 506 g/mol. The summed E-state index contributed by atoms with van der Waals surface area (Å²) in [4.78, 5) is 0. The summed E-state index contributed by atoms with van der Waals surface area (Å²) in [7, 11) is 0. The van der Waals surface area contributed by atoms with Crippen molar-refractivity contribution in [2.24, 2.45) is 0 Å². The lowest BCUT2D eigenvalue weighted by Gasteiger charge is -2.38. The largest absolute Gasteiger partial charge is 0.489 e. The normalized spacial score (nSPS) is 12.3. The van der Waals surface area contributed by atoms with E-state index in [0.29, 0.717) is 0 Å². The molecule has 0 atom stereocenters. The van der Waals surface area contributed by atoms with Gasteiger partial charge in [0, 0.05) is 0 Å². The van der Waals surface area contributed by atoms with Gasteiger partial charge in [0.2, 0.25) is 5.41 Å². The summed E-state index contributed by atoms with van der Waals surface area (Å²) in [6.07, 6.45) is -11.4. The van der Waals surface area contributed by atoms with Crippen molar-refractivity contribution in [3.8, 4) is 11.5 Å². The van der Waals surface area contributed by atoms with Crippen LogP contribution >= 0.6 is 0 Å². The first kappa shape index (κ1) is 27.1. The average molecular weight is 531 g/mol. The maximum absolute atomic E-state index is 14.4. The summed E-state index contributed by atoms with van der Waals surface area (Å²) < 4.78 is 97.7. The Labute approximate surface area is 216 Å². The Morgan fingerprint density at radius 2 is 0.895 bits per heavy atom. The summed E-state index contributed by atoms with van der Waals surface area (Å²) in [5.41, 5.74) is -3.50. The van der Waals surface area contributed by atoms with Crippen LogP contribution in [-0.4, -0.2) is 12.4 Å². The fourth-order valence-corrected chi connectivity index (χ4v) is 4.18. The molecule has 0 heterocycles. The van der Waals surface area contributed by atoms with Gasteiger partial charge in [0.1, 0.15) is 24.7 Å². The standard InChI is InChI=1S/C30H24F6O2/c1-21-7-9-23(10-8-21)20-38-27-17-13-25(14-18-27)28(29(31,32)33,30(34,35)36)24-11-15-26(16-12-24)37-19-22-5-3-2-4-6-22/h2-18H,19-20H2,1H3. The van der Waals surface area contributed by atoms with E-state index in [4.69, 9.17) is 9.47 Å². The fraction of sp³-hybridized carbons (Fsp3) is 0.200. The Balaban J connectivity index is 1.62. The van der Waals surface area contributed by atoms with Gasteiger partial charge in [-0.05, 0) is 53.4 Å². The number of halogens is 6. The van der Waals surface area contributed by atoms with E-state index in [-0.39, 0.29) is 24.7 Å². The van der Waals surface area contributed by atoms with E-state index in [1.54, 1.807) is 24.3 Å². The summed E-state index contributed by atoms with van der Waals surface area (Å²) in [6, 6.07) is 24.1. The zero-order chi connectivity index (χ0) is 27.4. The Kier molecular flexibility index (Phi) is 7.71. The van der Waals surface area contributed by atoms with Gasteiger partial charge in [-0.25, -0.2) is 0 Å². The van der Waals surface area contributed by atoms with Crippen molar-refractivity contribution in [3.05, 3.63) is 131 Å². The van der Waals surface area contributed by atoms with E-state index >= 15 is 0 Å². The highest BCUT2D eigenvalue weighted by Gasteiger charge is 2.72. The minimum Gasteiger partial charge on any atom is -0.489 e. The number of benzene rings is 4. The molecule has 0 radical (unpaired) electrons. The predicted molar refractivity (Wildman–Crippen MR) is 132 cm³/mol. The van der Waals surface area contributed by atoms with Gasteiger partial charge in [-0.3, -0.25) is 0 Å². The lowest BCUT2D eigenvalue weighted by atomic mass is 9.73. The molecule has 2 nitrogen and oxygen atoms in total. The first-order valence-corrected chi connectivity index (χ1v) is 11.7. The zero-order valence-corrected chi connectivity index (χ0v) is 20.3. The molecule has 0 saturated heterocycles. The monoisotopic (exact) mass is 530 g/mol. The van der Waals surface area contributed by atoms with E-state index in [0.717, 1.165) is 65.2 Å². The van der Waals surface area contributed by atoms with Crippen LogP contribution in [0, 0.1) is 6.92 Å². The topological polar surface area (TPSA) is 18.5 Å². The van der Waals surface area contributed by atoms with Crippen molar-refractivity contribution >= 4 is 0 Å². The fourth-order valence-electron chi connectivity index (χ4n) is 4.18. The van der Waals surface area contributed by atoms with Crippen LogP contribution in [-0.2, 0) is 18.6 Å². The van der Waals surface area contributed by atoms with E-state index < -0.39 is 28.9 Å². The van der Waals surface area contributed by atoms with Gasteiger partial charge < -0.3 is 9.47 Å². The third kappa shape index (κ3) is 5.64. The second-order valence-corrected chi connectivity index (χ2v) is 8.84. The Bertz CT molecular complexity index is 1300. The first-order chi connectivity index (χ1) is 18.0. The van der Waals surface area contributed by atoms with Crippen LogP contribution in [0.2, 0.25) is 0 Å². The molecule has 0 fully saturated rings. The van der Waals surface area contributed by atoms with E-state index in [1.807, 2.05) is 37.3 Å². The van der Waals surface area contributed by atoms with E-state index in [1.165, 1.54) is 0 Å². The Morgan fingerprint density at radius 1 is 0.500 bits per heavy atom. The Hall–Kier alpha value is -3.94. The molecule has 0 unspecified atom stereocenters. The van der Waals surface area contributed by atoms with Crippen LogP contribution < -0.4 is 9.47 Å². The number of ether oxygens (including phenoxy) is 2. The predicted octanol–water partition coefficient (Wildman–Crippen LogP) is 8.56. The first-order valence-electron chi connectivity index (χ1n) is 11.7. The van der Waals surface area contributed by atoms with Crippen LogP contribution in [0.25, 0.3) is 0 Å². The van der Waals surface area contributed by atoms with Crippen molar-refractivity contribution in [3.63, 3.8) is 0 Å². The van der Waals surface area contributed by atoms with Gasteiger partial charge in [0.15, 0.2) is 0 Å². The van der Waals surface area contributed by atoms with Crippen LogP contribution in [0.3, 0.4) is 0 Å². The van der Waals surface area contributed by atoms with Crippen molar-refractivity contribution in [1.29, 1.82) is 0 Å². The molecule has 0 bridgehead atoms. The number of alkyl halides is 6. The van der Waals surface area contributed by atoms with Gasteiger partial charge >= 0.3 is 12.4 Å². The van der Waals surface area contributed by atoms with Gasteiger partial charge in [-0.2, -0.15) is 26.3 Å². The second kappa shape index (κ2) is 10.8. The molecule has 4 aromatic rings. The highest BCUT2D eigenvalue weighted by molar-refractivity contribution is 5.47. The van der Waals surface area contributed by atoms with Gasteiger partial charge in [-0.1, -0.05) is 84.4 Å². The molecular formula is C30H24F6O2. The van der Waals surface area contributed by atoms with Gasteiger partial charge in [0.05, 0.1) is 0 Å². The molecule has 8 heteroatoms. The maximum atomic E-state index is 14.4. The minimum absolute atomic E-state index is 0.119. The minimum atomic E-state index is -5.68. The molecule has 0 amide bonds. The molecule has 0 saturated carbocycles. The van der Waals surface area contributed by atoms with Crippen molar-refractivity contribution in [1.82, 2.24) is 0 Å². The zero-order valence-electron chi connectivity index (χ0n) is 20.3. The summed E-state index contributed by atoms with van der Waals surface area (Å²) >= 11 is 0. The van der Waals surface area contributed by atoms with E-state index in [9.17, 15) is 26.3 Å². The quantitative estimate of drug-likeness (QED) is 0.213. The van der Waals surface area contributed by atoms with Crippen molar-refractivity contribution in [2.45, 2.75) is 37.9 Å². The van der Waals surface area contributed by atoms with Gasteiger partial charge in [0.25, 0.3) is 0 Å². The molecule has 0 spiro atoms. The summed E-state index contributed by atoms with van der Waals surface area (Å²) in [5, 5.41) is 0. The molecule has 0 aliphatic heterocycles. The molecule has 0 N–H and O–H groups in total. The molecule has 198 valence electrons. The Morgan fingerprint density at radius 3 is 1.29 bits per heavy atom. The molecule has 0 aliphatic carbocycles. The summed E-state index contributed by atoms with van der Waals surface area (Å²) in [6.45, 7) is 2.16. The molecule has 38 heavy (non-hydrogen) atoms. The van der Waals surface area contributed by atoms with Crippen LogP contribution in [0.15, 0.2) is 103 Å². The van der Waals surface area contributed by atoms with Crippen LogP contribution in [0.1, 0.15) is 27.8 Å². The maximum Gasteiger partial charge on any atom is 0.411 e. The lowest BCUT2D eigenvalue weighted by Crippen LogP contribution is -2.54. The second-order valence-electron chi connectivity index (χ2n) is 8.84. The third-order valence-corrected chi connectivity index (χ3v) is 6.20. The number of rotatable bonds is 8. The third-order valence-electron chi connectivity index (χ3n) is 6.20. The lowest BCUT2D eigenvalue weighted by molar-refractivity contribution is -0.288. The molecule has 4 rings (SSSR count). The van der Waals surface area contributed by atoms with Gasteiger partial charge in [-0.15, -0.1) is 0 Å². The number of hydrogen-bond acceptors (Lipinski definition) is 2. The van der Waals surface area contributed by atoms with Crippen LogP contribution in [0.4, 0.5) is 26.3 Å². The molecule has 4 aromatic carbocycles. The van der Waals surface area contributed by atoms with Crippen molar-refractivity contribution in [2.75, 3.05) is 0 Å². The SMILES string of the molecule is Cc1ccc(COc2ccc(C(c3ccc(OCc4ccccc4)cc3)(C(F)(F)F)C(F)(F)F)cc2)cc1.